The Labute approximate surface area is 126 Å². The van der Waals surface area contributed by atoms with E-state index in [4.69, 9.17) is 4.74 Å². The van der Waals surface area contributed by atoms with Gasteiger partial charge in [0.1, 0.15) is 5.82 Å². The third kappa shape index (κ3) is 6.38. The van der Waals surface area contributed by atoms with Crippen molar-refractivity contribution in [2.24, 2.45) is 0 Å². The van der Waals surface area contributed by atoms with E-state index in [0.29, 0.717) is 32.1 Å². The molecule has 120 valence electrons. The molecule has 1 aromatic rings. The Kier molecular flexibility index (Phi) is 7.58. The van der Waals surface area contributed by atoms with E-state index in [9.17, 15) is 8.42 Å². The lowest BCUT2D eigenvalue weighted by Gasteiger charge is -2.16. The molecule has 8 heteroatoms. The maximum Gasteiger partial charge on any atom is 0.240 e. The molecule has 7 nitrogen and oxygen atoms in total. The zero-order chi connectivity index (χ0) is 15.7. The summed E-state index contributed by atoms with van der Waals surface area (Å²) in [6.07, 6.45) is 1.48. The SMILES string of the molecule is CCNc1cc(S(=O)(=O)NCCN(C)CCOC)ccn1. The highest BCUT2D eigenvalue weighted by Gasteiger charge is 2.14. The standard InChI is InChI=1S/C13H24N4O3S/c1-4-14-13-11-12(5-6-15-13)21(18,19)16-7-8-17(2)9-10-20-3/h5-6,11,16H,4,7-10H2,1-3H3,(H,14,15). The lowest BCUT2D eigenvalue weighted by atomic mass is 10.4. The molecule has 1 rings (SSSR count). The van der Waals surface area contributed by atoms with Crippen LogP contribution in [0, 0.1) is 0 Å². The molecule has 0 saturated carbocycles. The Balaban J connectivity index is 2.55. The molecule has 1 aromatic heterocycles. The van der Waals surface area contributed by atoms with Gasteiger partial charge < -0.3 is 15.0 Å². The summed E-state index contributed by atoms with van der Waals surface area (Å²) in [4.78, 5) is 6.28. The van der Waals surface area contributed by atoms with Crippen molar-refractivity contribution in [3.05, 3.63) is 18.3 Å². The fourth-order valence-electron chi connectivity index (χ4n) is 1.67. The van der Waals surface area contributed by atoms with Crippen LogP contribution in [0.4, 0.5) is 5.82 Å². The Morgan fingerprint density at radius 3 is 2.81 bits per heavy atom. The Bertz CT molecular complexity index is 522. The van der Waals surface area contributed by atoms with Crippen molar-refractivity contribution in [1.29, 1.82) is 0 Å². The van der Waals surface area contributed by atoms with E-state index >= 15 is 0 Å². The topological polar surface area (TPSA) is 83.6 Å². The zero-order valence-corrected chi connectivity index (χ0v) is 13.6. The number of rotatable bonds is 10. The number of ether oxygens (including phenoxy) is 1. The van der Waals surface area contributed by atoms with Crippen LogP contribution in [0.15, 0.2) is 23.2 Å². The van der Waals surface area contributed by atoms with Gasteiger partial charge in [0.2, 0.25) is 10.0 Å². The second-order valence-corrected chi connectivity index (χ2v) is 6.37. The van der Waals surface area contributed by atoms with Crippen LogP contribution in [0.1, 0.15) is 6.92 Å². The molecule has 0 aromatic carbocycles. The highest BCUT2D eigenvalue weighted by molar-refractivity contribution is 7.89. The minimum absolute atomic E-state index is 0.216. The number of methoxy groups -OCH3 is 1. The van der Waals surface area contributed by atoms with Crippen LogP contribution in [-0.4, -0.2) is 65.2 Å². The van der Waals surface area contributed by atoms with Crippen LogP contribution in [0.3, 0.4) is 0 Å². The maximum atomic E-state index is 12.2. The molecule has 0 aliphatic heterocycles. The van der Waals surface area contributed by atoms with Gasteiger partial charge in [-0.1, -0.05) is 0 Å². The summed E-state index contributed by atoms with van der Waals surface area (Å²) < 4.78 is 31.9. The summed E-state index contributed by atoms with van der Waals surface area (Å²) in [6.45, 7) is 4.97. The summed E-state index contributed by atoms with van der Waals surface area (Å²) in [7, 11) is 0.0553. The Morgan fingerprint density at radius 2 is 2.14 bits per heavy atom. The molecule has 0 spiro atoms. The van der Waals surface area contributed by atoms with Crippen molar-refractivity contribution in [3.63, 3.8) is 0 Å². The van der Waals surface area contributed by atoms with Gasteiger partial charge in [-0.05, 0) is 20.0 Å². The van der Waals surface area contributed by atoms with Crippen LogP contribution >= 0.6 is 0 Å². The van der Waals surface area contributed by atoms with Gasteiger partial charge in [0, 0.05) is 45.6 Å². The Hall–Kier alpha value is -1.22. The molecule has 1 heterocycles. The fourth-order valence-corrected chi connectivity index (χ4v) is 2.70. The molecular weight excluding hydrogens is 292 g/mol. The number of hydrogen-bond donors (Lipinski definition) is 2. The van der Waals surface area contributed by atoms with E-state index < -0.39 is 10.0 Å². The van der Waals surface area contributed by atoms with Crippen molar-refractivity contribution in [3.8, 4) is 0 Å². The largest absolute Gasteiger partial charge is 0.383 e. The van der Waals surface area contributed by atoms with Crippen molar-refractivity contribution in [1.82, 2.24) is 14.6 Å². The number of aromatic nitrogens is 1. The summed E-state index contributed by atoms with van der Waals surface area (Å²) in [5.74, 6) is 0.553. The second-order valence-electron chi connectivity index (χ2n) is 4.60. The molecule has 0 radical (unpaired) electrons. The summed E-state index contributed by atoms with van der Waals surface area (Å²) in [6, 6.07) is 3.01. The number of nitrogens with zero attached hydrogens (tertiary/aromatic N) is 2. The first-order valence-electron chi connectivity index (χ1n) is 6.86. The van der Waals surface area contributed by atoms with Crippen LogP contribution in [0.5, 0.6) is 0 Å². The molecule has 0 atom stereocenters. The highest BCUT2D eigenvalue weighted by Crippen LogP contribution is 2.12. The van der Waals surface area contributed by atoms with Gasteiger partial charge in [0.05, 0.1) is 11.5 Å². The van der Waals surface area contributed by atoms with Crippen LogP contribution in [-0.2, 0) is 14.8 Å². The van der Waals surface area contributed by atoms with Gasteiger partial charge in [0.15, 0.2) is 0 Å². The first kappa shape index (κ1) is 17.8. The fraction of sp³-hybridized carbons (Fsp3) is 0.615. The number of sulfonamides is 1. The molecule has 0 saturated heterocycles. The quantitative estimate of drug-likeness (QED) is 0.649. The van der Waals surface area contributed by atoms with Gasteiger partial charge >= 0.3 is 0 Å². The van der Waals surface area contributed by atoms with E-state index in [2.05, 4.69) is 15.0 Å². The third-order valence-corrected chi connectivity index (χ3v) is 4.32. The van der Waals surface area contributed by atoms with E-state index in [1.165, 1.54) is 18.3 Å². The van der Waals surface area contributed by atoms with Crippen molar-refractivity contribution < 1.29 is 13.2 Å². The maximum absolute atomic E-state index is 12.2. The lowest BCUT2D eigenvalue weighted by molar-refractivity contribution is 0.162. The number of likely N-dealkylation sites (N-methyl/N-ethyl adjacent to an activating group) is 1. The van der Waals surface area contributed by atoms with Crippen LogP contribution in [0.25, 0.3) is 0 Å². The van der Waals surface area contributed by atoms with Gasteiger partial charge in [-0.3, -0.25) is 0 Å². The van der Waals surface area contributed by atoms with E-state index in [0.717, 1.165) is 6.54 Å². The molecule has 0 aliphatic rings. The zero-order valence-electron chi connectivity index (χ0n) is 12.8. The van der Waals surface area contributed by atoms with E-state index in [1.807, 2.05) is 18.9 Å². The lowest BCUT2D eigenvalue weighted by Crippen LogP contribution is -2.34. The van der Waals surface area contributed by atoms with E-state index in [1.54, 1.807) is 7.11 Å². The average molecular weight is 316 g/mol. The molecule has 0 bridgehead atoms. The molecule has 0 fully saturated rings. The molecular formula is C13H24N4O3S. The average Bonchev–Trinajstić information content (AvgIpc) is 2.45. The molecule has 2 N–H and O–H groups in total. The summed E-state index contributed by atoms with van der Waals surface area (Å²) >= 11 is 0. The smallest absolute Gasteiger partial charge is 0.240 e. The molecule has 0 aliphatic carbocycles. The van der Waals surface area contributed by atoms with Crippen LogP contribution < -0.4 is 10.0 Å². The molecule has 0 unspecified atom stereocenters. The molecule has 0 amide bonds. The van der Waals surface area contributed by atoms with Gasteiger partial charge in [-0.25, -0.2) is 18.1 Å². The van der Waals surface area contributed by atoms with E-state index in [-0.39, 0.29) is 4.90 Å². The van der Waals surface area contributed by atoms with Crippen molar-refractivity contribution >= 4 is 15.8 Å². The normalized spacial score (nSPS) is 11.8. The first-order valence-corrected chi connectivity index (χ1v) is 8.35. The predicted octanol–water partition coefficient (Wildman–Crippen LogP) is 0.370. The minimum Gasteiger partial charge on any atom is -0.383 e. The van der Waals surface area contributed by atoms with Gasteiger partial charge in [0.25, 0.3) is 0 Å². The number of anilines is 1. The monoisotopic (exact) mass is 316 g/mol. The van der Waals surface area contributed by atoms with Crippen LogP contribution in [0.2, 0.25) is 0 Å². The van der Waals surface area contributed by atoms with Gasteiger partial charge in [-0.15, -0.1) is 0 Å². The summed E-state index contributed by atoms with van der Waals surface area (Å²) in [5.41, 5.74) is 0. The number of nitrogens with one attached hydrogen (secondary N) is 2. The van der Waals surface area contributed by atoms with Crippen molar-refractivity contribution in [2.45, 2.75) is 11.8 Å². The highest BCUT2D eigenvalue weighted by atomic mass is 32.2. The second kappa shape index (κ2) is 8.93. The van der Waals surface area contributed by atoms with Gasteiger partial charge in [-0.2, -0.15) is 0 Å². The molecule has 21 heavy (non-hydrogen) atoms. The predicted molar refractivity (Wildman–Crippen MR) is 83.0 cm³/mol. The number of pyridine rings is 1. The number of hydrogen-bond acceptors (Lipinski definition) is 6. The Morgan fingerprint density at radius 1 is 1.38 bits per heavy atom. The van der Waals surface area contributed by atoms with Crippen molar-refractivity contribution in [2.75, 3.05) is 52.3 Å². The summed E-state index contributed by atoms with van der Waals surface area (Å²) in [5, 5.41) is 2.99. The minimum atomic E-state index is -3.51. The third-order valence-electron chi connectivity index (χ3n) is 2.86. The first-order chi connectivity index (χ1) is 9.99.